The Balaban J connectivity index is 0.00000240. The molecule has 0 atom stereocenters. The molecule has 0 spiro atoms. The van der Waals surface area contributed by atoms with Crippen LogP contribution < -0.4 is 15.2 Å². The minimum absolute atomic E-state index is 0. The van der Waals surface area contributed by atoms with Crippen molar-refractivity contribution in [3.8, 4) is 23.3 Å². The van der Waals surface area contributed by atoms with Gasteiger partial charge in [0.2, 0.25) is 0 Å². The summed E-state index contributed by atoms with van der Waals surface area (Å²) in [6, 6.07) is 24.4. The quantitative estimate of drug-likeness (QED) is 0.359. The molecule has 0 aliphatic carbocycles. The topological polar surface area (TPSA) is 81.2 Å². The van der Waals surface area contributed by atoms with Crippen molar-refractivity contribution in [1.82, 2.24) is 4.98 Å². The normalized spacial score (nSPS) is 10.0. The van der Waals surface area contributed by atoms with Crippen LogP contribution in [0.2, 0.25) is 0 Å². The number of anilines is 1. The van der Waals surface area contributed by atoms with Gasteiger partial charge >= 0.3 is 0 Å². The van der Waals surface area contributed by atoms with Crippen molar-refractivity contribution in [2.45, 2.75) is 6.61 Å². The molecule has 4 rings (SSSR count). The molecule has 2 N–H and O–H groups in total. The molecule has 0 saturated carbocycles. The number of hydrogen-bond acceptors (Lipinski definition) is 5. The van der Waals surface area contributed by atoms with E-state index in [9.17, 15) is 5.26 Å². The Bertz CT molecular complexity index is 1160. The average Bonchev–Trinajstić information content (AvgIpc) is 2.74. The van der Waals surface area contributed by atoms with Crippen molar-refractivity contribution >= 4 is 16.6 Å². The van der Waals surface area contributed by atoms with Gasteiger partial charge in [0.15, 0.2) is 0 Å². The first-order valence-corrected chi connectivity index (χ1v) is 8.76. The van der Waals surface area contributed by atoms with Crippen LogP contribution in [-0.4, -0.2) is 4.98 Å². The number of fused-ring (bicyclic) bond motifs is 1. The van der Waals surface area contributed by atoms with Crippen molar-refractivity contribution in [2.75, 3.05) is 5.73 Å². The third-order valence-corrected chi connectivity index (χ3v) is 4.27. The second kappa shape index (κ2) is 9.11. The summed E-state index contributed by atoms with van der Waals surface area (Å²) in [5, 5.41) is 10.3. The van der Waals surface area contributed by atoms with Crippen molar-refractivity contribution in [2.24, 2.45) is 0 Å². The Morgan fingerprint density at radius 2 is 1.69 bits per heavy atom. The molecule has 3 aromatic carbocycles. The molecule has 5 nitrogen and oxygen atoms in total. The zero-order chi connectivity index (χ0) is 19.3. The summed E-state index contributed by atoms with van der Waals surface area (Å²) in [7, 11) is 0. The molecule has 29 heavy (non-hydrogen) atoms. The van der Waals surface area contributed by atoms with Gasteiger partial charge in [-0.05, 0) is 42.0 Å². The molecule has 0 amide bonds. The van der Waals surface area contributed by atoms with E-state index < -0.39 is 0 Å². The molecule has 4 aromatic rings. The van der Waals surface area contributed by atoms with Crippen molar-refractivity contribution in [3.63, 3.8) is 0 Å². The number of aromatic nitrogens is 1. The second-order valence-corrected chi connectivity index (χ2v) is 6.23. The van der Waals surface area contributed by atoms with Crippen LogP contribution in [0.3, 0.4) is 0 Å². The number of nitriles is 1. The van der Waals surface area contributed by atoms with Gasteiger partial charge in [-0.15, -0.1) is 0 Å². The Labute approximate surface area is 179 Å². The fraction of sp³-hybridized carbons (Fsp3) is 0.0435. The fourth-order valence-electron chi connectivity index (χ4n) is 2.84. The molecule has 0 aliphatic heterocycles. The Morgan fingerprint density at radius 1 is 0.931 bits per heavy atom. The molecule has 0 aliphatic rings. The fourth-order valence-corrected chi connectivity index (χ4v) is 2.84. The van der Waals surface area contributed by atoms with E-state index in [0.29, 0.717) is 40.6 Å². The minimum atomic E-state index is 0. The Morgan fingerprint density at radius 3 is 2.41 bits per heavy atom. The zero-order valence-electron chi connectivity index (χ0n) is 15.4. The van der Waals surface area contributed by atoms with Gasteiger partial charge in [0, 0.05) is 40.4 Å². The predicted octanol–water partition coefficient (Wildman–Crippen LogP) is 5.06. The zero-order valence-corrected chi connectivity index (χ0v) is 16.5. The van der Waals surface area contributed by atoms with Gasteiger partial charge in [-0.1, -0.05) is 30.3 Å². The minimum Gasteiger partial charge on any atom is -0.487 e. The molecule has 0 fully saturated rings. The standard InChI is InChI=1S/C23H17N3O2.Fe/c24-14-17-12-20-21(13-23(17)27-15-16-4-2-1-3-5-16)26-11-10-22(20)28-19-8-6-18(25)7-9-19;/h1-13H,15,25H2;. The van der Waals surface area contributed by atoms with Gasteiger partial charge in [0.25, 0.3) is 0 Å². The summed E-state index contributed by atoms with van der Waals surface area (Å²) in [4.78, 5) is 4.40. The van der Waals surface area contributed by atoms with E-state index >= 15 is 0 Å². The number of ether oxygens (including phenoxy) is 2. The van der Waals surface area contributed by atoms with E-state index in [-0.39, 0.29) is 17.1 Å². The number of nitrogens with zero attached hydrogens (tertiary/aromatic N) is 2. The molecule has 144 valence electrons. The maximum absolute atomic E-state index is 9.58. The van der Waals surface area contributed by atoms with Gasteiger partial charge in [-0.25, -0.2) is 0 Å². The van der Waals surface area contributed by atoms with Gasteiger partial charge in [-0.2, -0.15) is 5.26 Å². The Hall–Kier alpha value is -3.52. The molecule has 1 aromatic heterocycles. The van der Waals surface area contributed by atoms with Crippen molar-refractivity contribution in [3.05, 3.63) is 90.1 Å². The van der Waals surface area contributed by atoms with E-state index in [2.05, 4.69) is 11.1 Å². The van der Waals surface area contributed by atoms with E-state index in [1.54, 1.807) is 48.7 Å². The van der Waals surface area contributed by atoms with Crippen molar-refractivity contribution < 1.29 is 26.5 Å². The largest absolute Gasteiger partial charge is 0.487 e. The SMILES string of the molecule is N#Cc1cc2c(Oc3ccc(N)cc3)ccnc2cc1OCc1ccccc1.[Fe]. The smallest absolute Gasteiger partial charge is 0.139 e. The molecule has 0 radical (unpaired) electrons. The Kier molecular flexibility index (Phi) is 6.35. The van der Waals surface area contributed by atoms with E-state index in [1.165, 1.54) is 0 Å². The number of benzene rings is 3. The summed E-state index contributed by atoms with van der Waals surface area (Å²) in [5.41, 5.74) is 8.53. The van der Waals surface area contributed by atoms with E-state index in [4.69, 9.17) is 15.2 Å². The number of pyridine rings is 1. The monoisotopic (exact) mass is 423 g/mol. The predicted molar refractivity (Wildman–Crippen MR) is 108 cm³/mol. The van der Waals surface area contributed by atoms with Crippen LogP contribution in [0.25, 0.3) is 10.9 Å². The molecule has 6 heteroatoms. The first-order chi connectivity index (χ1) is 13.7. The van der Waals surface area contributed by atoms with Crippen LogP contribution in [-0.2, 0) is 23.7 Å². The van der Waals surface area contributed by atoms with E-state index in [1.807, 2.05) is 30.3 Å². The van der Waals surface area contributed by atoms with Crippen molar-refractivity contribution in [1.29, 1.82) is 5.26 Å². The van der Waals surface area contributed by atoms with Crippen LogP contribution in [0.15, 0.2) is 79.0 Å². The third-order valence-electron chi connectivity index (χ3n) is 4.27. The summed E-state index contributed by atoms with van der Waals surface area (Å²) in [6.07, 6.45) is 1.67. The van der Waals surface area contributed by atoms with Crippen LogP contribution >= 0.6 is 0 Å². The molecule has 0 saturated heterocycles. The third kappa shape index (κ3) is 4.67. The van der Waals surface area contributed by atoms with Gasteiger partial charge in [-0.3, -0.25) is 4.98 Å². The first-order valence-electron chi connectivity index (χ1n) is 8.76. The van der Waals surface area contributed by atoms with Gasteiger partial charge in [0.1, 0.15) is 29.9 Å². The molecule has 0 unspecified atom stereocenters. The summed E-state index contributed by atoms with van der Waals surface area (Å²) in [5.74, 6) is 1.77. The second-order valence-electron chi connectivity index (χ2n) is 6.23. The summed E-state index contributed by atoms with van der Waals surface area (Å²) >= 11 is 0. The number of hydrogen-bond donors (Lipinski definition) is 1. The van der Waals surface area contributed by atoms with Gasteiger partial charge in [0.05, 0.1) is 11.1 Å². The maximum Gasteiger partial charge on any atom is 0.139 e. The number of nitrogens with two attached hydrogens (primary N) is 1. The first kappa shape index (κ1) is 20.2. The molecular formula is C23H17FeN3O2. The van der Waals surface area contributed by atoms with E-state index in [0.717, 1.165) is 10.9 Å². The molecular weight excluding hydrogens is 406 g/mol. The summed E-state index contributed by atoms with van der Waals surface area (Å²) < 4.78 is 11.8. The van der Waals surface area contributed by atoms with Crippen LogP contribution in [0.5, 0.6) is 17.2 Å². The molecule has 1 heterocycles. The van der Waals surface area contributed by atoms with Crippen LogP contribution in [0.1, 0.15) is 11.1 Å². The van der Waals surface area contributed by atoms with Crippen LogP contribution in [0.4, 0.5) is 5.69 Å². The summed E-state index contributed by atoms with van der Waals surface area (Å²) in [6.45, 7) is 0.378. The van der Waals surface area contributed by atoms with Gasteiger partial charge < -0.3 is 15.2 Å². The molecule has 0 bridgehead atoms. The van der Waals surface area contributed by atoms with Crippen LogP contribution in [0, 0.1) is 11.3 Å². The number of nitrogen functional groups attached to an aromatic ring is 1. The maximum atomic E-state index is 9.58. The average molecular weight is 423 g/mol. The number of rotatable bonds is 5.